The van der Waals surface area contributed by atoms with Crippen LogP contribution in [0, 0.1) is 35.5 Å². The third-order valence-corrected chi connectivity index (χ3v) is 14.3. The lowest BCUT2D eigenvalue weighted by molar-refractivity contribution is -0.169. The molecule has 11 aliphatic rings. The summed E-state index contributed by atoms with van der Waals surface area (Å²) in [6.45, 7) is 33.8. The third-order valence-electron chi connectivity index (χ3n) is 14.3. The zero-order chi connectivity index (χ0) is 63.2. The maximum Gasteiger partial charge on any atom is 0.312 e. The van der Waals surface area contributed by atoms with Gasteiger partial charge in [0.05, 0.1) is 99.4 Å². The summed E-state index contributed by atoms with van der Waals surface area (Å²) in [7, 11) is 1.69. The minimum Gasteiger partial charge on any atom is -0.499 e. The standard InChI is InChI=1S/C8H14O3.C7H12O.C6H10O2.C6H12O2.2C6H10O2.C6H10O.2C5H8O2.2C4H6O2.4CH4/c1-3-8(10)4-6(2)11-7(9)5-8;1-6-3-4-8-7(2)5-6;1-5-2-3-6(7)8-4-5;1-7-6-4-2-3-5-8-6;1-5-3-2-4-8-6(5)7;1-5-3-2-4-6(7)8-5;1-5-3-4-6(2)7-5;1-4-2-5(6)7-3-4;1-4-2-3-7-5(4)6;1-3-2-6-4(3)5;1-3-2-4(5)6-3;;;;/h6,10H,3-5H2,1-2H3;6H,2-5H2,1H3;5H,2-4H2,1H3;6H,2-5H2,1H3;2*5H,2-4H2,1H3;6H,1,3-4H2,2H3;2*4H,2-3H2,1H3;2*3H,2H2,1H3;4*1H4. The van der Waals surface area contributed by atoms with Gasteiger partial charge in [0, 0.05) is 51.7 Å². The Morgan fingerprint density at radius 2 is 1.01 bits per heavy atom. The van der Waals surface area contributed by atoms with Crippen LogP contribution in [0.2, 0.25) is 0 Å². The van der Waals surface area contributed by atoms with Crippen molar-refractivity contribution >= 4 is 47.8 Å². The van der Waals surface area contributed by atoms with E-state index in [2.05, 4.69) is 52.9 Å². The molecule has 11 heterocycles. The van der Waals surface area contributed by atoms with E-state index in [1.165, 1.54) is 19.3 Å². The van der Waals surface area contributed by atoms with Crippen molar-refractivity contribution in [1.29, 1.82) is 0 Å². The second kappa shape index (κ2) is 50.5. The highest BCUT2D eigenvalue weighted by Crippen LogP contribution is 2.28. The Balaban J connectivity index is -0.000000440. The molecule has 21 heteroatoms. The van der Waals surface area contributed by atoms with Crippen molar-refractivity contribution in [1.82, 2.24) is 0 Å². The van der Waals surface area contributed by atoms with Crippen LogP contribution in [0.3, 0.4) is 0 Å². The average Bonchev–Trinajstić information content (AvgIpc) is 4.32. The number of hydrogen-bond acceptors (Lipinski definition) is 21. The van der Waals surface area contributed by atoms with Crippen LogP contribution in [-0.4, -0.2) is 143 Å². The van der Waals surface area contributed by atoms with Crippen molar-refractivity contribution in [3.63, 3.8) is 0 Å². The van der Waals surface area contributed by atoms with Crippen LogP contribution in [0.5, 0.6) is 0 Å². The molecule has 21 nitrogen and oxygen atoms in total. The molecule has 0 amide bonds. The summed E-state index contributed by atoms with van der Waals surface area (Å²) in [4.78, 5) is 82.8. The summed E-state index contributed by atoms with van der Waals surface area (Å²) < 4.78 is 57.9. The Morgan fingerprint density at radius 1 is 0.443 bits per heavy atom. The van der Waals surface area contributed by atoms with Crippen LogP contribution in [0.15, 0.2) is 24.7 Å². The number of aliphatic hydroxyl groups is 1. The molecule has 0 aromatic carbocycles. The molecule has 516 valence electrons. The Kier molecular flexibility index (Phi) is 51.1. The fourth-order valence-electron chi connectivity index (χ4n) is 8.53. The van der Waals surface area contributed by atoms with Crippen LogP contribution in [0.4, 0.5) is 0 Å². The number of carbonyl (C=O) groups excluding carboxylic acids is 8. The molecule has 0 radical (unpaired) electrons. The van der Waals surface area contributed by atoms with Crippen molar-refractivity contribution in [2.24, 2.45) is 35.5 Å². The minimum absolute atomic E-state index is 0. The monoisotopic (exact) mass is 1260 g/mol. The quantitative estimate of drug-likeness (QED) is 0.199. The molecular weight excluding hydrogens is 1140 g/mol. The molecular formula is C67H122O21. The smallest absolute Gasteiger partial charge is 0.312 e. The van der Waals surface area contributed by atoms with Crippen molar-refractivity contribution in [2.75, 3.05) is 53.4 Å². The van der Waals surface area contributed by atoms with E-state index in [9.17, 15) is 43.5 Å². The molecule has 0 bridgehead atoms. The topological polar surface area (TPSA) is 268 Å². The molecule has 1 N–H and O–H groups in total. The van der Waals surface area contributed by atoms with Gasteiger partial charge in [-0.3, -0.25) is 38.4 Å². The molecule has 0 aliphatic carbocycles. The van der Waals surface area contributed by atoms with E-state index in [0.29, 0.717) is 89.5 Å². The van der Waals surface area contributed by atoms with E-state index in [-0.39, 0.29) is 126 Å². The van der Waals surface area contributed by atoms with Crippen molar-refractivity contribution < 1.29 is 100 Å². The van der Waals surface area contributed by atoms with E-state index in [0.717, 1.165) is 94.9 Å². The van der Waals surface area contributed by atoms with Gasteiger partial charge in [0.25, 0.3) is 0 Å². The number of methoxy groups -OCH3 is 1. The molecule has 11 aliphatic heterocycles. The zero-order valence-electron chi connectivity index (χ0n) is 53.0. The Morgan fingerprint density at radius 3 is 1.27 bits per heavy atom. The number of cyclic esters (lactones) is 8. The number of ether oxygens (including phenoxy) is 12. The van der Waals surface area contributed by atoms with E-state index in [1.807, 2.05) is 48.5 Å². The van der Waals surface area contributed by atoms with Gasteiger partial charge in [-0.05, 0) is 124 Å². The molecule has 11 rings (SSSR count). The summed E-state index contributed by atoms with van der Waals surface area (Å²) >= 11 is 0. The predicted octanol–water partition coefficient (Wildman–Crippen LogP) is 12.9. The second-order valence-corrected chi connectivity index (χ2v) is 23.4. The first-order chi connectivity index (χ1) is 39.6. The first-order valence-corrected chi connectivity index (χ1v) is 30.5. The normalized spacial score (nSPS) is 29.9. The summed E-state index contributed by atoms with van der Waals surface area (Å²) in [5.74, 6) is 3.59. The van der Waals surface area contributed by atoms with Crippen LogP contribution in [-0.2, 0) is 95.2 Å². The van der Waals surface area contributed by atoms with E-state index in [1.54, 1.807) is 14.0 Å². The lowest BCUT2D eigenvalue weighted by Crippen LogP contribution is -2.41. The maximum absolute atomic E-state index is 10.9. The van der Waals surface area contributed by atoms with E-state index in [4.69, 9.17) is 37.9 Å². The van der Waals surface area contributed by atoms with Gasteiger partial charge in [-0.15, -0.1) is 0 Å². The predicted molar refractivity (Wildman–Crippen MR) is 338 cm³/mol. The van der Waals surface area contributed by atoms with Crippen LogP contribution >= 0.6 is 0 Å². The Hall–Kier alpha value is -5.28. The molecule has 88 heavy (non-hydrogen) atoms. The third kappa shape index (κ3) is 44.2. The molecule has 0 saturated carbocycles. The fraction of sp³-hybridized carbons (Fsp3) is 0.821. The summed E-state index contributed by atoms with van der Waals surface area (Å²) in [5.41, 5.74) is -0.811. The highest BCUT2D eigenvalue weighted by Gasteiger charge is 2.36. The lowest BCUT2D eigenvalue weighted by Gasteiger charge is -2.33. The molecule has 12 atom stereocenters. The largest absolute Gasteiger partial charge is 0.499 e. The number of carbonyl (C=O) groups is 8. The summed E-state index contributed by atoms with van der Waals surface area (Å²) in [6, 6.07) is 0. The van der Waals surface area contributed by atoms with Gasteiger partial charge in [0.1, 0.15) is 18.8 Å². The van der Waals surface area contributed by atoms with Crippen molar-refractivity contribution in [2.45, 2.75) is 271 Å². The van der Waals surface area contributed by atoms with E-state index >= 15 is 0 Å². The Labute approximate surface area is 530 Å². The average molecular weight is 1260 g/mol. The summed E-state index contributed by atoms with van der Waals surface area (Å²) in [6.07, 6.45) is 18.4. The minimum atomic E-state index is -0.811. The first kappa shape index (κ1) is 89.1. The summed E-state index contributed by atoms with van der Waals surface area (Å²) in [5, 5.41) is 9.72. The molecule has 0 aromatic heterocycles. The molecule has 11 saturated heterocycles. The number of allylic oxidation sites excluding steroid dienone is 2. The maximum atomic E-state index is 10.9. The van der Waals surface area contributed by atoms with Crippen LogP contribution < -0.4 is 0 Å². The van der Waals surface area contributed by atoms with Gasteiger partial charge in [-0.25, -0.2) is 0 Å². The molecule has 0 spiro atoms. The molecule has 12 unspecified atom stereocenters. The highest BCUT2D eigenvalue weighted by molar-refractivity contribution is 5.77. The second-order valence-electron chi connectivity index (χ2n) is 23.4. The molecule has 11 fully saturated rings. The SMILES string of the molecule is C.C.C.C.C=C1CC(C)CCO1.C=C1CCC(C)O1.CC1CC(=O)O1.CC1CCC(=O)OC1.CC1CCCC(=O)O1.CC1CCCOC1=O.CC1CCOC1=O.CC1COC(=O)C1.CC1COC1=O.CCC1(O)CC(=O)OC(C)C1.COC1CCCCO1. The number of hydrogen-bond donors (Lipinski definition) is 1. The van der Waals surface area contributed by atoms with Crippen molar-refractivity contribution in [3.8, 4) is 0 Å². The van der Waals surface area contributed by atoms with Gasteiger partial charge in [0.15, 0.2) is 6.29 Å². The molecule has 0 aromatic rings. The van der Waals surface area contributed by atoms with Gasteiger partial charge < -0.3 is 61.9 Å². The van der Waals surface area contributed by atoms with Crippen molar-refractivity contribution in [3.05, 3.63) is 24.7 Å². The Bertz CT molecular complexity index is 1920. The van der Waals surface area contributed by atoms with Crippen LogP contribution in [0.25, 0.3) is 0 Å². The van der Waals surface area contributed by atoms with Gasteiger partial charge in [-0.1, -0.05) is 84.4 Å². The lowest BCUT2D eigenvalue weighted by atomic mass is 9.88. The first-order valence-electron chi connectivity index (χ1n) is 30.5. The van der Waals surface area contributed by atoms with Gasteiger partial charge >= 0.3 is 47.8 Å². The van der Waals surface area contributed by atoms with E-state index < -0.39 is 5.60 Å². The number of rotatable bonds is 2. The van der Waals surface area contributed by atoms with Crippen LogP contribution in [0.1, 0.15) is 234 Å². The highest BCUT2D eigenvalue weighted by atomic mass is 16.7. The zero-order valence-corrected chi connectivity index (χ0v) is 53.0. The van der Waals surface area contributed by atoms with Gasteiger partial charge in [-0.2, -0.15) is 0 Å². The van der Waals surface area contributed by atoms with Gasteiger partial charge in [0.2, 0.25) is 0 Å². The number of esters is 8. The fourth-order valence-corrected chi connectivity index (χ4v) is 8.53.